The normalized spacial score (nSPS) is 10.8. The van der Waals surface area contributed by atoms with Crippen molar-refractivity contribution in [3.8, 4) is 11.8 Å². The number of hydrogen-bond donors (Lipinski definition) is 1. The van der Waals surface area contributed by atoms with Gasteiger partial charge >= 0.3 is 0 Å². The maximum atomic E-state index is 8.90. The Morgan fingerprint density at radius 2 is 1.89 bits per heavy atom. The van der Waals surface area contributed by atoms with E-state index in [0.29, 0.717) is 0 Å². The molecule has 1 rings (SSSR count). The minimum absolute atomic E-state index is 0.194. The van der Waals surface area contributed by atoms with Crippen LogP contribution in [0.4, 0.5) is 5.69 Å². The summed E-state index contributed by atoms with van der Waals surface area (Å²) >= 11 is 0. The number of unbranched alkanes of at least 4 members (excludes halogenated alkanes) is 1. The molecule has 18 heavy (non-hydrogen) atoms. The van der Waals surface area contributed by atoms with Crippen LogP contribution in [0.15, 0.2) is 24.3 Å². The van der Waals surface area contributed by atoms with Crippen LogP contribution in [0.25, 0.3) is 0 Å². The summed E-state index contributed by atoms with van der Waals surface area (Å²) in [6, 6.07) is 10.2. The van der Waals surface area contributed by atoms with Gasteiger partial charge < -0.3 is 10.1 Å². The molecule has 0 unspecified atom stereocenters. The van der Waals surface area contributed by atoms with Gasteiger partial charge in [-0.05, 0) is 51.0 Å². The second-order valence-corrected chi connectivity index (χ2v) is 5.11. The van der Waals surface area contributed by atoms with Gasteiger partial charge in [-0.15, -0.1) is 0 Å². The third-order valence-electron chi connectivity index (χ3n) is 2.95. The molecular formula is C15H22N2O. The van der Waals surface area contributed by atoms with Crippen LogP contribution in [0.3, 0.4) is 0 Å². The fourth-order valence-corrected chi connectivity index (χ4v) is 1.69. The summed E-state index contributed by atoms with van der Waals surface area (Å²) in [6.45, 7) is 4.92. The number of benzene rings is 1. The Bertz CT molecular complexity index is 390. The van der Waals surface area contributed by atoms with Gasteiger partial charge in [-0.2, -0.15) is 5.26 Å². The Labute approximate surface area is 110 Å². The quantitative estimate of drug-likeness (QED) is 0.744. The van der Waals surface area contributed by atoms with Gasteiger partial charge in [-0.25, -0.2) is 0 Å². The van der Waals surface area contributed by atoms with Gasteiger partial charge in [0.15, 0.2) is 0 Å². The second-order valence-electron chi connectivity index (χ2n) is 5.11. The van der Waals surface area contributed by atoms with Gasteiger partial charge in [0.05, 0.1) is 18.6 Å². The van der Waals surface area contributed by atoms with E-state index >= 15 is 0 Å². The Kier molecular flexibility index (Phi) is 5.51. The zero-order valence-corrected chi connectivity index (χ0v) is 11.5. The number of anilines is 1. The predicted molar refractivity (Wildman–Crippen MR) is 74.7 cm³/mol. The van der Waals surface area contributed by atoms with Crippen molar-refractivity contribution in [1.82, 2.24) is 0 Å². The number of nitrogens with one attached hydrogen (secondary N) is 1. The van der Waals surface area contributed by atoms with E-state index in [2.05, 4.69) is 11.4 Å². The molecule has 98 valence electrons. The maximum Gasteiger partial charge on any atom is 0.119 e. The SMILES string of the molecule is COc1ccc(NCCCCC(C)(C)C#N)cc1. The lowest BCUT2D eigenvalue weighted by atomic mass is 9.89. The van der Waals surface area contributed by atoms with E-state index in [-0.39, 0.29) is 5.41 Å². The Morgan fingerprint density at radius 3 is 2.44 bits per heavy atom. The molecule has 0 bridgehead atoms. The van der Waals surface area contributed by atoms with Gasteiger partial charge in [-0.3, -0.25) is 0 Å². The third-order valence-corrected chi connectivity index (χ3v) is 2.95. The molecule has 0 spiro atoms. The van der Waals surface area contributed by atoms with E-state index in [0.717, 1.165) is 37.2 Å². The zero-order chi connectivity index (χ0) is 13.4. The van der Waals surface area contributed by atoms with Crippen LogP contribution in [0.2, 0.25) is 0 Å². The molecular weight excluding hydrogens is 224 g/mol. The summed E-state index contributed by atoms with van der Waals surface area (Å²) in [4.78, 5) is 0. The molecule has 0 saturated carbocycles. The van der Waals surface area contributed by atoms with Crippen molar-refractivity contribution in [2.24, 2.45) is 5.41 Å². The predicted octanol–water partition coefficient (Wildman–Crippen LogP) is 3.83. The molecule has 0 fully saturated rings. The van der Waals surface area contributed by atoms with Gasteiger partial charge in [0.1, 0.15) is 5.75 Å². The van der Waals surface area contributed by atoms with E-state index in [1.165, 1.54) is 0 Å². The van der Waals surface area contributed by atoms with Crippen LogP contribution >= 0.6 is 0 Å². The Balaban J connectivity index is 2.20. The number of methoxy groups -OCH3 is 1. The van der Waals surface area contributed by atoms with Crippen LogP contribution in [-0.4, -0.2) is 13.7 Å². The van der Waals surface area contributed by atoms with Crippen LogP contribution in [0, 0.1) is 16.7 Å². The standard InChI is InChI=1S/C15H22N2O/c1-15(2,12-16)10-4-5-11-17-13-6-8-14(18-3)9-7-13/h6-9,17H,4-5,10-11H2,1-3H3. The first kappa shape index (κ1) is 14.4. The van der Waals surface area contributed by atoms with Crippen LogP contribution in [-0.2, 0) is 0 Å². The fourth-order valence-electron chi connectivity index (χ4n) is 1.69. The summed E-state index contributed by atoms with van der Waals surface area (Å²) < 4.78 is 5.10. The van der Waals surface area contributed by atoms with Crippen molar-refractivity contribution in [2.75, 3.05) is 19.0 Å². The summed E-state index contributed by atoms with van der Waals surface area (Å²) in [6.07, 6.45) is 3.11. The topological polar surface area (TPSA) is 45.0 Å². The van der Waals surface area contributed by atoms with Crippen molar-refractivity contribution in [2.45, 2.75) is 33.1 Å². The summed E-state index contributed by atoms with van der Waals surface area (Å²) in [5.41, 5.74) is 0.912. The highest BCUT2D eigenvalue weighted by atomic mass is 16.5. The molecule has 0 atom stereocenters. The lowest BCUT2D eigenvalue weighted by molar-refractivity contribution is 0.415. The van der Waals surface area contributed by atoms with Crippen molar-refractivity contribution in [1.29, 1.82) is 5.26 Å². The minimum atomic E-state index is -0.194. The van der Waals surface area contributed by atoms with E-state index in [1.54, 1.807) is 7.11 Å². The highest BCUT2D eigenvalue weighted by molar-refractivity contribution is 5.46. The molecule has 0 heterocycles. The summed E-state index contributed by atoms with van der Waals surface area (Å²) in [7, 11) is 1.67. The molecule has 0 amide bonds. The zero-order valence-electron chi connectivity index (χ0n) is 11.5. The van der Waals surface area contributed by atoms with E-state index < -0.39 is 0 Å². The maximum absolute atomic E-state index is 8.90. The molecule has 3 nitrogen and oxygen atoms in total. The molecule has 1 aromatic carbocycles. The third kappa shape index (κ3) is 5.09. The molecule has 1 N–H and O–H groups in total. The molecule has 0 aliphatic rings. The van der Waals surface area contributed by atoms with E-state index in [9.17, 15) is 0 Å². The van der Waals surface area contributed by atoms with Crippen molar-refractivity contribution in [3.05, 3.63) is 24.3 Å². The first-order chi connectivity index (χ1) is 8.57. The van der Waals surface area contributed by atoms with Crippen LogP contribution in [0.1, 0.15) is 33.1 Å². The minimum Gasteiger partial charge on any atom is -0.497 e. The molecule has 3 heteroatoms. The van der Waals surface area contributed by atoms with Crippen LogP contribution in [0.5, 0.6) is 5.75 Å². The number of rotatable bonds is 7. The van der Waals surface area contributed by atoms with Crippen molar-refractivity contribution in [3.63, 3.8) is 0 Å². The first-order valence-corrected chi connectivity index (χ1v) is 6.36. The summed E-state index contributed by atoms with van der Waals surface area (Å²) in [5.74, 6) is 0.872. The fraction of sp³-hybridized carbons (Fsp3) is 0.533. The molecule has 0 saturated heterocycles. The monoisotopic (exact) mass is 246 g/mol. The number of hydrogen-bond acceptors (Lipinski definition) is 3. The highest BCUT2D eigenvalue weighted by Crippen LogP contribution is 2.21. The number of nitrogens with zero attached hydrogens (tertiary/aromatic N) is 1. The molecule has 0 aromatic heterocycles. The van der Waals surface area contributed by atoms with Gasteiger partial charge in [-0.1, -0.05) is 6.42 Å². The smallest absolute Gasteiger partial charge is 0.119 e. The average Bonchev–Trinajstić information content (AvgIpc) is 2.39. The molecule has 0 aliphatic carbocycles. The Morgan fingerprint density at radius 1 is 1.22 bits per heavy atom. The second kappa shape index (κ2) is 6.90. The molecule has 1 aromatic rings. The van der Waals surface area contributed by atoms with Crippen LogP contribution < -0.4 is 10.1 Å². The molecule has 0 radical (unpaired) electrons. The largest absolute Gasteiger partial charge is 0.497 e. The van der Waals surface area contributed by atoms with Crippen molar-refractivity contribution >= 4 is 5.69 Å². The molecule has 0 aliphatic heterocycles. The lowest BCUT2D eigenvalue weighted by Gasteiger charge is -2.14. The average molecular weight is 246 g/mol. The van der Waals surface area contributed by atoms with E-state index in [1.807, 2.05) is 38.1 Å². The van der Waals surface area contributed by atoms with Gasteiger partial charge in [0.25, 0.3) is 0 Å². The lowest BCUT2D eigenvalue weighted by Crippen LogP contribution is -2.09. The Hall–Kier alpha value is -1.69. The highest BCUT2D eigenvalue weighted by Gasteiger charge is 2.15. The van der Waals surface area contributed by atoms with E-state index in [4.69, 9.17) is 10.00 Å². The summed E-state index contributed by atoms with van der Waals surface area (Å²) in [5, 5.41) is 12.3. The first-order valence-electron chi connectivity index (χ1n) is 6.36. The number of ether oxygens (including phenoxy) is 1. The van der Waals surface area contributed by atoms with Gasteiger partial charge in [0.2, 0.25) is 0 Å². The van der Waals surface area contributed by atoms with Crippen molar-refractivity contribution < 1.29 is 4.74 Å². The number of nitriles is 1. The van der Waals surface area contributed by atoms with Gasteiger partial charge in [0, 0.05) is 12.2 Å².